The highest BCUT2D eigenvalue weighted by molar-refractivity contribution is 6.04. The van der Waals surface area contributed by atoms with Crippen LogP contribution in [0.4, 0.5) is 30.2 Å². The van der Waals surface area contributed by atoms with Crippen molar-refractivity contribution in [1.29, 1.82) is 0 Å². The Bertz CT molecular complexity index is 2280. The van der Waals surface area contributed by atoms with Gasteiger partial charge in [-0.05, 0) is 94.0 Å². The van der Waals surface area contributed by atoms with Crippen LogP contribution in [-0.2, 0) is 6.18 Å². The summed E-state index contributed by atoms with van der Waals surface area (Å²) in [6.45, 7) is 0. The predicted octanol–water partition coefficient (Wildman–Crippen LogP) is 12.9. The first-order valence-electron chi connectivity index (χ1n) is 17.0. The van der Waals surface area contributed by atoms with Crippen LogP contribution in [0.1, 0.15) is 34.0 Å². The average Bonchev–Trinajstić information content (AvgIpc) is 3.19. The number of ketones is 1. The molecule has 1 heterocycles. The van der Waals surface area contributed by atoms with Crippen LogP contribution in [0.15, 0.2) is 176 Å². The minimum Gasteiger partial charge on any atom is -0.484 e. The fourth-order valence-corrected chi connectivity index (χ4v) is 6.76. The van der Waals surface area contributed by atoms with Crippen molar-refractivity contribution in [2.45, 2.75) is 18.7 Å². The quantitative estimate of drug-likeness (QED) is 0.167. The van der Waals surface area contributed by atoms with Gasteiger partial charge in [-0.3, -0.25) is 4.79 Å². The number of ether oxygens (including phenoxy) is 1. The lowest BCUT2D eigenvalue weighted by Gasteiger charge is -2.28. The van der Waals surface area contributed by atoms with E-state index >= 15 is 0 Å². The average molecular weight is 688 g/mol. The number of halogens is 3. The molecule has 1 aliphatic rings. The topological polar surface area (TPSA) is 29.5 Å². The molecule has 7 aromatic rings. The fraction of sp³-hybridized carbons (Fsp3) is 0.0652. The highest BCUT2D eigenvalue weighted by Gasteiger charge is 2.32. The molecule has 0 aromatic heterocycles. The van der Waals surface area contributed by atoms with E-state index < -0.39 is 17.8 Å². The van der Waals surface area contributed by atoms with Crippen LogP contribution in [0.2, 0.25) is 0 Å². The zero-order valence-corrected chi connectivity index (χ0v) is 27.9. The second-order valence-corrected chi connectivity index (χ2v) is 12.8. The van der Waals surface area contributed by atoms with Gasteiger partial charge in [0.05, 0.1) is 17.5 Å². The lowest BCUT2D eigenvalue weighted by molar-refractivity contribution is -0.137. The van der Waals surface area contributed by atoms with Gasteiger partial charge in [0, 0.05) is 22.6 Å². The molecule has 254 valence electrons. The third kappa shape index (κ3) is 6.59. The predicted molar refractivity (Wildman–Crippen MR) is 201 cm³/mol. The molecule has 1 atom stereocenters. The first-order chi connectivity index (χ1) is 25.3. The lowest BCUT2D eigenvalue weighted by Crippen LogP contribution is -2.21. The van der Waals surface area contributed by atoms with E-state index in [2.05, 4.69) is 53.4 Å². The summed E-state index contributed by atoms with van der Waals surface area (Å²) in [5.74, 6) is 0.298. The van der Waals surface area contributed by atoms with Crippen LogP contribution in [0.3, 0.4) is 0 Å². The first kappa shape index (κ1) is 32.8. The standard InChI is InChI=1S/C46H32F3NO2/c47-46(48,49)37-24-20-34(21-25-37)41-28-36(29-42-43(51)30-44(52-45(41)42)35-10-4-1-5-11-35)33-18-16-31(17-19-33)32-22-26-40(27-23-32)50(38-12-6-2-7-13-38)39-14-8-3-9-15-39/h1-29,44H,30H2. The molecule has 0 saturated carbocycles. The van der Waals surface area contributed by atoms with Crippen LogP contribution in [-0.4, -0.2) is 5.78 Å². The van der Waals surface area contributed by atoms with Crippen LogP contribution in [0.5, 0.6) is 5.75 Å². The Labute approximate surface area is 300 Å². The maximum absolute atomic E-state index is 13.7. The number of hydrogen-bond donors (Lipinski definition) is 0. The molecule has 0 saturated heterocycles. The number of para-hydroxylation sites is 2. The zero-order chi connectivity index (χ0) is 35.7. The van der Waals surface area contributed by atoms with Crippen molar-refractivity contribution in [1.82, 2.24) is 0 Å². The summed E-state index contributed by atoms with van der Waals surface area (Å²) >= 11 is 0. The first-order valence-corrected chi connectivity index (χ1v) is 17.0. The monoisotopic (exact) mass is 687 g/mol. The van der Waals surface area contributed by atoms with Gasteiger partial charge in [0.1, 0.15) is 11.9 Å². The van der Waals surface area contributed by atoms with Crippen LogP contribution < -0.4 is 9.64 Å². The van der Waals surface area contributed by atoms with Gasteiger partial charge in [-0.25, -0.2) is 0 Å². The Balaban J connectivity index is 1.13. The molecule has 8 rings (SSSR count). The van der Waals surface area contributed by atoms with Crippen molar-refractivity contribution in [3.63, 3.8) is 0 Å². The van der Waals surface area contributed by atoms with Gasteiger partial charge < -0.3 is 9.64 Å². The van der Waals surface area contributed by atoms with Gasteiger partial charge >= 0.3 is 6.18 Å². The van der Waals surface area contributed by atoms with Crippen molar-refractivity contribution in [3.05, 3.63) is 193 Å². The minimum absolute atomic E-state index is 0.0816. The molecular formula is C46H32F3NO2. The summed E-state index contributed by atoms with van der Waals surface area (Å²) in [5.41, 5.74) is 8.50. The van der Waals surface area contributed by atoms with E-state index in [1.54, 1.807) is 0 Å². The van der Waals surface area contributed by atoms with E-state index in [1.807, 2.05) is 103 Å². The van der Waals surface area contributed by atoms with Gasteiger partial charge in [0.2, 0.25) is 0 Å². The number of carbonyl (C=O) groups is 1. The molecule has 0 spiro atoms. The molecule has 0 fully saturated rings. The molecule has 6 heteroatoms. The number of hydrogen-bond acceptors (Lipinski definition) is 3. The molecule has 7 aromatic carbocycles. The van der Waals surface area contributed by atoms with Gasteiger partial charge in [-0.15, -0.1) is 0 Å². The molecule has 0 bridgehead atoms. The second-order valence-electron chi connectivity index (χ2n) is 12.8. The van der Waals surface area contributed by atoms with E-state index in [-0.39, 0.29) is 12.2 Å². The number of rotatable bonds is 7. The Morgan fingerprint density at radius 1 is 0.500 bits per heavy atom. The normalized spacial score (nSPS) is 14.0. The maximum Gasteiger partial charge on any atom is 0.416 e. The molecule has 0 radical (unpaired) electrons. The molecule has 52 heavy (non-hydrogen) atoms. The van der Waals surface area contributed by atoms with E-state index in [0.29, 0.717) is 22.4 Å². The highest BCUT2D eigenvalue weighted by atomic mass is 19.4. The Kier molecular flexibility index (Phi) is 8.65. The summed E-state index contributed by atoms with van der Waals surface area (Å²) < 4.78 is 46.8. The van der Waals surface area contributed by atoms with E-state index in [4.69, 9.17) is 4.74 Å². The Morgan fingerprint density at radius 3 is 1.48 bits per heavy atom. The summed E-state index contributed by atoms with van der Waals surface area (Å²) in [6, 6.07) is 55.2. The van der Waals surface area contributed by atoms with Crippen LogP contribution in [0, 0.1) is 0 Å². The third-order valence-corrected chi connectivity index (χ3v) is 9.42. The lowest BCUT2D eigenvalue weighted by atomic mass is 9.88. The minimum atomic E-state index is -4.46. The molecule has 1 aliphatic heterocycles. The molecule has 1 unspecified atom stereocenters. The molecule has 0 amide bonds. The van der Waals surface area contributed by atoms with Gasteiger partial charge in [0.15, 0.2) is 5.78 Å². The number of Topliss-reactive ketones (excluding diaryl/α,β-unsaturated/α-hetero) is 1. The molecular weight excluding hydrogens is 656 g/mol. The number of carbonyl (C=O) groups excluding carboxylic acids is 1. The SMILES string of the molecule is O=C1CC(c2ccccc2)Oc2c1cc(-c1ccc(-c3ccc(N(c4ccccc4)c4ccccc4)cc3)cc1)cc2-c1ccc(C(F)(F)F)cc1. The van der Waals surface area contributed by atoms with Gasteiger partial charge in [0.25, 0.3) is 0 Å². The van der Waals surface area contributed by atoms with Crippen LogP contribution in [0.25, 0.3) is 33.4 Å². The summed E-state index contributed by atoms with van der Waals surface area (Å²) in [7, 11) is 0. The van der Waals surface area contributed by atoms with Crippen molar-refractivity contribution in [2.24, 2.45) is 0 Å². The number of benzene rings is 7. The maximum atomic E-state index is 13.7. The number of fused-ring (bicyclic) bond motifs is 1. The van der Waals surface area contributed by atoms with Crippen molar-refractivity contribution in [2.75, 3.05) is 4.90 Å². The fourth-order valence-electron chi connectivity index (χ4n) is 6.76. The summed E-state index contributed by atoms with van der Waals surface area (Å²) in [6.07, 6.45) is -4.80. The van der Waals surface area contributed by atoms with Gasteiger partial charge in [-0.1, -0.05) is 115 Å². The van der Waals surface area contributed by atoms with E-state index in [9.17, 15) is 18.0 Å². The number of anilines is 3. The van der Waals surface area contributed by atoms with Crippen molar-refractivity contribution < 1.29 is 22.7 Å². The second kappa shape index (κ2) is 13.7. The number of alkyl halides is 3. The smallest absolute Gasteiger partial charge is 0.416 e. The third-order valence-electron chi connectivity index (χ3n) is 9.42. The molecule has 0 aliphatic carbocycles. The summed E-state index contributed by atoms with van der Waals surface area (Å²) in [5, 5.41) is 0. The highest BCUT2D eigenvalue weighted by Crippen LogP contribution is 2.45. The van der Waals surface area contributed by atoms with Crippen molar-refractivity contribution >= 4 is 22.8 Å². The van der Waals surface area contributed by atoms with Crippen molar-refractivity contribution in [3.8, 4) is 39.1 Å². The summed E-state index contributed by atoms with van der Waals surface area (Å²) in [4.78, 5) is 15.9. The van der Waals surface area contributed by atoms with Gasteiger partial charge in [-0.2, -0.15) is 13.2 Å². The Morgan fingerprint density at radius 2 is 0.942 bits per heavy atom. The zero-order valence-electron chi connectivity index (χ0n) is 27.9. The molecule has 3 nitrogen and oxygen atoms in total. The van der Waals surface area contributed by atoms with Crippen LogP contribution >= 0.6 is 0 Å². The van der Waals surface area contributed by atoms with E-state index in [0.717, 1.165) is 57.0 Å². The number of nitrogens with zero attached hydrogens (tertiary/aromatic N) is 1. The van der Waals surface area contributed by atoms with E-state index in [1.165, 1.54) is 12.1 Å². The Hall–Kier alpha value is -6.40. The molecule has 0 N–H and O–H groups in total. The largest absolute Gasteiger partial charge is 0.484 e.